The number of amides is 1. The first-order valence-corrected chi connectivity index (χ1v) is 7.10. The SMILES string of the molecule is CN(C)C(=O)COc1ccc(F)cc1S(=O)(=O)Cl. The van der Waals surface area contributed by atoms with Gasteiger partial charge in [-0.15, -0.1) is 0 Å². The molecule has 8 heteroatoms. The quantitative estimate of drug-likeness (QED) is 0.784. The summed E-state index contributed by atoms with van der Waals surface area (Å²) in [4.78, 5) is 12.1. The fourth-order valence-corrected chi connectivity index (χ4v) is 2.04. The van der Waals surface area contributed by atoms with Crippen molar-refractivity contribution in [3.63, 3.8) is 0 Å². The number of benzene rings is 1. The first-order valence-electron chi connectivity index (χ1n) is 4.79. The highest BCUT2D eigenvalue weighted by Gasteiger charge is 2.19. The lowest BCUT2D eigenvalue weighted by Crippen LogP contribution is -2.27. The highest BCUT2D eigenvalue weighted by Crippen LogP contribution is 2.27. The number of hydrogen-bond acceptors (Lipinski definition) is 4. The van der Waals surface area contributed by atoms with Gasteiger partial charge in [0.25, 0.3) is 15.0 Å². The van der Waals surface area contributed by atoms with E-state index in [-0.39, 0.29) is 18.3 Å². The van der Waals surface area contributed by atoms with E-state index in [1.807, 2.05) is 0 Å². The van der Waals surface area contributed by atoms with Crippen LogP contribution < -0.4 is 4.74 Å². The summed E-state index contributed by atoms with van der Waals surface area (Å²) in [5.41, 5.74) is 0. The highest BCUT2D eigenvalue weighted by atomic mass is 35.7. The molecule has 0 aliphatic rings. The van der Waals surface area contributed by atoms with Crippen molar-refractivity contribution in [1.29, 1.82) is 0 Å². The molecule has 0 spiro atoms. The first kappa shape index (κ1) is 14.7. The van der Waals surface area contributed by atoms with E-state index in [0.29, 0.717) is 0 Å². The first-order chi connectivity index (χ1) is 8.21. The van der Waals surface area contributed by atoms with Crippen LogP contribution in [0.4, 0.5) is 4.39 Å². The Balaban J connectivity index is 3.00. The molecule has 0 aliphatic carbocycles. The fraction of sp³-hybridized carbons (Fsp3) is 0.300. The molecular formula is C10H11ClFNO4S. The van der Waals surface area contributed by atoms with Gasteiger partial charge in [-0.25, -0.2) is 12.8 Å². The van der Waals surface area contributed by atoms with Crippen LogP contribution in [0.5, 0.6) is 5.75 Å². The fourth-order valence-electron chi connectivity index (χ4n) is 1.06. The number of likely N-dealkylation sites (N-methyl/N-ethyl adjacent to an activating group) is 1. The van der Waals surface area contributed by atoms with Gasteiger partial charge in [0.05, 0.1) is 0 Å². The van der Waals surface area contributed by atoms with Crippen molar-refractivity contribution in [2.75, 3.05) is 20.7 Å². The number of nitrogens with zero attached hydrogens (tertiary/aromatic N) is 1. The summed E-state index contributed by atoms with van der Waals surface area (Å²) in [5, 5.41) is 0. The van der Waals surface area contributed by atoms with Gasteiger partial charge in [-0.2, -0.15) is 0 Å². The molecule has 0 saturated heterocycles. The zero-order valence-corrected chi connectivity index (χ0v) is 11.3. The molecule has 18 heavy (non-hydrogen) atoms. The average Bonchev–Trinajstić information content (AvgIpc) is 2.25. The number of hydrogen-bond donors (Lipinski definition) is 0. The Bertz CT molecular complexity index is 559. The molecule has 1 amide bonds. The van der Waals surface area contributed by atoms with Crippen molar-refractivity contribution in [2.45, 2.75) is 4.90 Å². The van der Waals surface area contributed by atoms with E-state index >= 15 is 0 Å². The third-order valence-corrected chi connectivity index (χ3v) is 3.36. The van der Waals surface area contributed by atoms with E-state index in [2.05, 4.69) is 0 Å². The van der Waals surface area contributed by atoms with Crippen LogP contribution in [-0.2, 0) is 13.8 Å². The lowest BCUT2D eigenvalue weighted by molar-refractivity contribution is -0.130. The monoisotopic (exact) mass is 295 g/mol. The molecule has 0 atom stereocenters. The van der Waals surface area contributed by atoms with Crippen molar-refractivity contribution in [1.82, 2.24) is 4.90 Å². The summed E-state index contributed by atoms with van der Waals surface area (Å²) in [6.45, 7) is -0.363. The maximum atomic E-state index is 13.0. The predicted molar refractivity (Wildman–Crippen MR) is 63.6 cm³/mol. The Morgan fingerprint density at radius 3 is 2.56 bits per heavy atom. The highest BCUT2D eigenvalue weighted by molar-refractivity contribution is 8.13. The third-order valence-electron chi connectivity index (χ3n) is 2.02. The van der Waals surface area contributed by atoms with Crippen molar-refractivity contribution in [3.05, 3.63) is 24.0 Å². The van der Waals surface area contributed by atoms with E-state index in [4.69, 9.17) is 15.4 Å². The Kier molecular flexibility index (Phi) is 4.53. The molecule has 0 heterocycles. The molecule has 1 aromatic carbocycles. The van der Waals surface area contributed by atoms with Crippen LogP contribution in [0.3, 0.4) is 0 Å². The maximum Gasteiger partial charge on any atom is 0.265 e. The lowest BCUT2D eigenvalue weighted by Gasteiger charge is -2.12. The Morgan fingerprint density at radius 1 is 1.44 bits per heavy atom. The van der Waals surface area contributed by atoms with Crippen molar-refractivity contribution in [3.8, 4) is 5.75 Å². The second-order valence-corrected chi connectivity index (χ2v) is 6.14. The van der Waals surface area contributed by atoms with E-state index in [0.717, 1.165) is 18.2 Å². The van der Waals surface area contributed by atoms with E-state index in [1.165, 1.54) is 19.0 Å². The minimum atomic E-state index is -4.14. The smallest absolute Gasteiger partial charge is 0.265 e. The summed E-state index contributed by atoms with van der Waals surface area (Å²) in [6.07, 6.45) is 0. The lowest BCUT2D eigenvalue weighted by atomic mass is 10.3. The maximum absolute atomic E-state index is 13.0. The van der Waals surface area contributed by atoms with Gasteiger partial charge >= 0.3 is 0 Å². The molecule has 0 aliphatic heterocycles. The van der Waals surface area contributed by atoms with Gasteiger partial charge in [0.15, 0.2) is 6.61 Å². The van der Waals surface area contributed by atoms with Gasteiger partial charge in [0, 0.05) is 24.8 Å². The molecule has 1 rings (SSSR count). The van der Waals surface area contributed by atoms with E-state index < -0.39 is 19.8 Å². The van der Waals surface area contributed by atoms with Gasteiger partial charge in [-0.3, -0.25) is 4.79 Å². The van der Waals surface area contributed by atoms with E-state index in [9.17, 15) is 17.6 Å². The molecule has 0 saturated carbocycles. The summed E-state index contributed by atoms with van der Waals surface area (Å²) in [6, 6.07) is 2.85. The molecule has 0 radical (unpaired) electrons. The van der Waals surface area contributed by atoms with Crippen LogP contribution in [0.2, 0.25) is 0 Å². The summed E-state index contributed by atoms with van der Waals surface area (Å²) in [5.74, 6) is -1.29. The second-order valence-electron chi connectivity index (χ2n) is 3.61. The Morgan fingerprint density at radius 2 is 2.06 bits per heavy atom. The molecule has 0 unspecified atom stereocenters. The number of ether oxygens (including phenoxy) is 1. The standard InChI is InChI=1S/C10H11ClFNO4S/c1-13(2)10(14)6-17-8-4-3-7(12)5-9(8)18(11,15)16/h3-5H,6H2,1-2H3. The third kappa shape index (κ3) is 3.85. The molecular weight excluding hydrogens is 285 g/mol. The number of carbonyl (C=O) groups excluding carboxylic acids is 1. The van der Waals surface area contributed by atoms with Crippen LogP contribution >= 0.6 is 10.7 Å². The molecule has 5 nitrogen and oxygen atoms in total. The molecule has 1 aromatic rings. The summed E-state index contributed by atoms with van der Waals surface area (Å²) in [7, 11) is 4.05. The van der Waals surface area contributed by atoms with Crippen LogP contribution in [0, 0.1) is 5.82 Å². The number of rotatable bonds is 4. The van der Waals surface area contributed by atoms with Crippen LogP contribution in [0.15, 0.2) is 23.1 Å². The zero-order chi connectivity index (χ0) is 13.9. The Labute approximate surface area is 109 Å². The van der Waals surface area contributed by atoms with Crippen molar-refractivity contribution in [2.24, 2.45) is 0 Å². The van der Waals surface area contributed by atoms with Crippen LogP contribution in [0.25, 0.3) is 0 Å². The van der Waals surface area contributed by atoms with Gasteiger partial charge in [-0.1, -0.05) is 0 Å². The topological polar surface area (TPSA) is 63.7 Å². The molecule has 0 aromatic heterocycles. The molecule has 0 bridgehead atoms. The van der Waals surface area contributed by atoms with Gasteiger partial charge in [-0.05, 0) is 18.2 Å². The average molecular weight is 296 g/mol. The predicted octanol–water partition coefficient (Wildman–Crippen LogP) is 1.22. The number of halogens is 2. The van der Waals surface area contributed by atoms with Gasteiger partial charge in [0.2, 0.25) is 0 Å². The zero-order valence-electron chi connectivity index (χ0n) is 9.68. The van der Waals surface area contributed by atoms with E-state index in [1.54, 1.807) is 0 Å². The van der Waals surface area contributed by atoms with Crippen LogP contribution in [-0.4, -0.2) is 39.9 Å². The summed E-state index contributed by atoms with van der Waals surface area (Å²) < 4.78 is 40.4. The number of carbonyl (C=O) groups is 1. The van der Waals surface area contributed by atoms with Crippen LogP contribution in [0.1, 0.15) is 0 Å². The minimum Gasteiger partial charge on any atom is -0.482 e. The molecule has 0 N–H and O–H groups in total. The summed E-state index contributed by atoms with van der Waals surface area (Å²) >= 11 is 0. The second kappa shape index (κ2) is 5.53. The van der Waals surface area contributed by atoms with Crippen molar-refractivity contribution >= 4 is 25.6 Å². The Hall–Kier alpha value is -1.34. The van der Waals surface area contributed by atoms with Gasteiger partial charge in [0.1, 0.15) is 16.5 Å². The molecule has 0 fully saturated rings. The van der Waals surface area contributed by atoms with Gasteiger partial charge < -0.3 is 9.64 Å². The minimum absolute atomic E-state index is 0.165. The largest absolute Gasteiger partial charge is 0.482 e. The van der Waals surface area contributed by atoms with Crippen molar-refractivity contribution < 1.29 is 22.3 Å². The molecule has 100 valence electrons. The normalized spacial score (nSPS) is 11.1.